The van der Waals surface area contributed by atoms with Gasteiger partial charge in [-0.1, -0.05) is 0 Å². The van der Waals surface area contributed by atoms with Gasteiger partial charge in [0.05, 0.1) is 18.2 Å². The number of hydrogen-bond acceptors (Lipinski definition) is 6. The molecule has 0 aromatic heterocycles. The zero-order chi connectivity index (χ0) is 25.2. The van der Waals surface area contributed by atoms with Crippen LogP contribution < -0.4 is 14.4 Å². The van der Waals surface area contributed by atoms with Crippen molar-refractivity contribution in [3.05, 3.63) is 54.3 Å². The van der Waals surface area contributed by atoms with E-state index in [9.17, 15) is 31.9 Å². The van der Waals surface area contributed by atoms with Crippen molar-refractivity contribution >= 4 is 23.4 Å². The number of ether oxygens (including phenoxy) is 2. The lowest BCUT2D eigenvalue weighted by Crippen LogP contribution is -2.54. The van der Waals surface area contributed by atoms with Crippen LogP contribution in [0.1, 0.15) is 6.42 Å². The molecule has 186 valence electrons. The van der Waals surface area contributed by atoms with Gasteiger partial charge >= 0.3 is 6.36 Å². The number of alkyl halides is 3. The monoisotopic (exact) mass is 495 g/mol. The van der Waals surface area contributed by atoms with Crippen molar-refractivity contribution < 1.29 is 41.4 Å². The number of hydrogen-bond donors (Lipinski definition) is 0. The van der Waals surface area contributed by atoms with Gasteiger partial charge in [-0.15, -0.1) is 13.2 Å². The smallest absolute Gasteiger partial charge is 0.484 e. The molecule has 2 saturated heterocycles. The highest BCUT2D eigenvalue weighted by Gasteiger charge is 2.43. The molecule has 0 spiro atoms. The van der Waals surface area contributed by atoms with Crippen molar-refractivity contribution in [3.63, 3.8) is 0 Å². The molecule has 8 nitrogen and oxygen atoms in total. The van der Waals surface area contributed by atoms with Gasteiger partial charge in [-0.05, 0) is 48.5 Å². The first-order valence-electron chi connectivity index (χ1n) is 10.7. The summed E-state index contributed by atoms with van der Waals surface area (Å²) in [5, 5.41) is 0. The Kier molecular flexibility index (Phi) is 6.92. The lowest BCUT2D eigenvalue weighted by atomic mass is 10.1. The summed E-state index contributed by atoms with van der Waals surface area (Å²) >= 11 is 0. The van der Waals surface area contributed by atoms with Crippen molar-refractivity contribution in [2.24, 2.45) is 0 Å². The van der Waals surface area contributed by atoms with E-state index in [2.05, 4.69) is 4.74 Å². The summed E-state index contributed by atoms with van der Waals surface area (Å²) in [5.41, 5.74) is 0.156. The van der Waals surface area contributed by atoms with E-state index in [1.54, 1.807) is 4.90 Å². The first-order chi connectivity index (χ1) is 16.6. The molecule has 2 aromatic carbocycles. The van der Waals surface area contributed by atoms with E-state index in [1.807, 2.05) is 4.90 Å². The predicted octanol–water partition coefficient (Wildman–Crippen LogP) is 2.58. The molecule has 4 rings (SSSR count). The maximum Gasteiger partial charge on any atom is 0.573 e. The van der Waals surface area contributed by atoms with Gasteiger partial charge in [-0.2, -0.15) is 0 Å². The summed E-state index contributed by atoms with van der Waals surface area (Å²) in [7, 11) is 0. The largest absolute Gasteiger partial charge is 0.573 e. The zero-order valence-corrected chi connectivity index (χ0v) is 18.3. The highest BCUT2D eigenvalue weighted by Crippen LogP contribution is 2.29. The highest BCUT2D eigenvalue weighted by molar-refractivity contribution is 6.22. The van der Waals surface area contributed by atoms with Gasteiger partial charge < -0.3 is 14.4 Å². The van der Waals surface area contributed by atoms with E-state index in [4.69, 9.17) is 4.74 Å². The standard InChI is InChI=1S/C23H21F4N3O5/c24-15-1-5-17(6-2-15)34-14-21(32)29-11-9-28(10-12-29)19-13-20(31)30(22(19)33)16-3-7-18(8-4-16)35-23(25,26)27/h1-8,19H,9-14H2. The van der Waals surface area contributed by atoms with Crippen LogP contribution >= 0.6 is 0 Å². The number of nitrogens with zero attached hydrogens (tertiary/aromatic N) is 3. The van der Waals surface area contributed by atoms with Gasteiger partial charge in [0.2, 0.25) is 5.91 Å². The SMILES string of the molecule is O=C(COc1ccc(F)cc1)N1CCN(C2CC(=O)N(c3ccc(OC(F)(F)F)cc3)C2=O)CC1. The molecule has 1 atom stereocenters. The molecule has 1 unspecified atom stereocenters. The van der Waals surface area contributed by atoms with E-state index >= 15 is 0 Å². The normalized spacial score (nSPS) is 19.3. The first kappa shape index (κ1) is 24.5. The molecule has 3 amide bonds. The number of imide groups is 1. The number of rotatable bonds is 6. The minimum atomic E-state index is -4.84. The van der Waals surface area contributed by atoms with E-state index in [-0.39, 0.29) is 24.6 Å². The topological polar surface area (TPSA) is 79.4 Å². The van der Waals surface area contributed by atoms with Crippen LogP contribution in [0, 0.1) is 5.82 Å². The Morgan fingerprint density at radius 2 is 1.51 bits per heavy atom. The molecule has 0 saturated carbocycles. The van der Waals surface area contributed by atoms with E-state index in [0.717, 1.165) is 17.0 Å². The molecule has 0 bridgehead atoms. The molecule has 2 heterocycles. The molecule has 12 heteroatoms. The fourth-order valence-electron chi connectivity index (χ4n) is 4.02. The fourth-order valence-corrected chi connectivity index (χ4v) is 4.02. The number of halogens is 4. The number of piperazine rings is 1. The van der Waals surface area contributed by atoms with Crippen LogP contribution in [0.15, 0.2) is 48.5 Å². The molecule has 0 aliphatic carbocycles. The van der Waals surface area contributed by atoms with Crippen LogP contribution in [0.2, 0.25) is 0 Å². The maximum absolute atomic E-state index is 13.0. The Hall–Kier alpha value is -3.67. The minimum absolute atomic E-state index is 0.0682. The molecule has 2 aromatic rings. The molecular weight excluding hydrogens is 474 g/mol. The van der Waals surface area contributed by atoms with Gasteiger partial charge in [-0.3, -0.25) is 19.3 Å². The second-order valence-corrected chi connectivity index (χ2v) is 7.99. The predicted molar refractivity (Wildman–Crippen MR) is 114 cm³/mol. The van der Waals surface area contributed by atoms with Crippen molar-refractivity contribution in [3.8, 4) is 11.5 Å². The zero-order valence-electron chi connectivity index (χ0n) is 18.3. The molecule has 2 fully saturated rings. The van der Waals surface area contributed by atoms with Gasteiger partial charge in [0.15, 0.2) is 6.61 Å². The lowest BCUT2D eigenvalue weighted by molar-refractivity contribution is -0.274. The van der Waals surface area contributed by atoms with Crippen LogP contribution in [-0.4, -0.2) is 72.7 Å². The second kappa shape index (κ2) is 9.90. The van der Waals surface area contributed by atoms with Crippen LogP contribution in [0.4, 0.5) is 23.2 Å². The third-order valence-electron chi connectivity index (χ3n) is 5.74. The average molecular weight is 495 g/mol. The van der Waals surface area contributed by atoms with Gasteiger partial charge in [0, 0.05) is 26.2 Å². The van der Waals surface area contributed by atoms with E-state index in [0.29, 0.717) is 31.9 Å². The van der Waals surface area contributed by atoms with Gasteiger partial charge in [0.1, 0.15) is 17.3 Å². The summed E-state index contributed by atoms with van der Waals surface area (Å²) in [5.74, 6) is -1.70. The Morgan fingerprint density at radius 1 is 0.914 bits per heavy atom. The number of benzene rings is 2. The van der Waals surface area contributed by atoms with Gasteiger partial charge in [-0.25, -0.2) is 9.29 Å². The van der Waals surface area contributed by atoms with Crippen molar-refractivity contribution in [2.75, 3.05) is 37.7 Å². The first-order valence-corrected chi connectivity index (χ1v) is 10.7. The second-order valence-electron chi connectivity index (χ2n) is 7.99. The Bertz CT molecular complexity index is 1080. The summed E-state index contributed by atoms with van der Waals surface area (Å²) in [6, 6.07) is 9.09. The molecular formula is C23H21F4N3O5. The molecule has 0 N–H and O–H groups in total. The Labute approximate surface area is 197 Å². The minimum Gasteiger partial charge on any atom is -0.484 e. The number of anilines is 1. The summed E-state index contributed by atoms with van der Waals surface area (Å²) in [4.78, 5) is 42.3. The fraction of sp³-hybridized carbons (Fsp3) is 0.348. The number of carbonyl (C=O) groups is 3. The molecule has 2 aliphatic heterocycles. The third-order valence-corrected chi connectivity index (χ3v) is 5.74. The van der Waals surface area contributed by atoms with E-state index < -0.39 is 35.8 Å². The molecule has 35 heavy (non-hydrogen) atoms. The van der Waals surface area contributed by atoms with E-state index in [1.165, 1.54) is 36.4 Å². The summed E-state index contributed by atoms with van der Waals surface area (Å²) in [6.07, 6.45) is -4.91. The third kappa shape index (κ3) is 5.88. The Balaban J connectivity index is 1.30. The van der Waals surface area contributed by atoms with Crippen molar-refractivity contribution in [2.45, 2.75) is 18.8 Å². The highest BCUT2D eigenvalue weighted by atomic mass is 19.4. The molecule has 2 aliphatic rings. The number of amides is 3. The average Bonchev–Trinajstić information content (AvgIpc) is 3.12. The Morgan fingerprint density at radius 3 is 2.11 bits per heavy atom. The number of carbonyl (C=O) groups excluding carboxylic acids is 3. The quantitative estimate of drug-likeness (QED) is 0.453. The van der Waals surface area contributed by atoms with Crippen LogP contribution in [0.5, 0.6) is 11.5 Å². The van der Waals surface area contributed by atoms with Crippen LogP contribution in [0.25, 0.3) is 0 Å². The van der Waals surface area contributed by atoms with Crippen molar-refractivity contribution in [1.82, 2.24) is 9.80 Å². The van der Waals surface area contributed by atoms with Crippen LogP contribution in [-0.2, 0) is 14.4 Å². The van der Waals surface area contributed by atoms with Crippen LogP contribution in [0.3, 0.4) is 0 Å². The summed E-state index contributed by atoms with van der Waals surface area (Å²) in [6.45, 7) is 1.16. The van der Waals surface area contributed by atoms with Gasteiger partial charge in [0.25, 0.3) is 11.8 Å². The lowest BCUT2D eigenvalue weighted by Gasteiger charge is -2.36. The molecule has 0 radical (unpaired) electrons. The maximum atomic E-state index is 13.0. The summed E-state index contributed by atoms with van der Waals surface area (Å²) < 4.78 is 59.2. The van der Waals surface area contributed by atoms with Crippen molar-refractivity contribution in [1.29, 1.82) is 0 Å².